The zero-order valence-electron chi connectivity index (χ0n) is 9.32. The molecule has 16 heavy (non-hydrogen) atoms. The second kappa shape index (κ2) is 4.97. The predicted octanol–water partition coefficient (Wildman–Crippen LogP) is 4.14. The summed E-state index contributed by atoms with van der Waals surface area (Å²) in [6.45, 7) is 0. The van der Waals surface area contributed by atoms with Crippen molar-refractivity contribution in [2.75, 3.05) is 0 Å². The first-order valence-electron chi connectivity index (χ1n) is 5.90. The molecule has 0 saturated carbocycles. The van der Waals surface area contributed by atoms with Crippen molar-refractivity contribution in [3.05, 3.63) is 58.4 Å². The second-order valence-electron chi connectivity index (χ2n) is 4.35. The van der Waals surface area contributed by atoms with Crippen molar-refractivity contribution < 1.29 is 34.6 Å². The van der Waals surface area contributed by atoms with Crippen LogP contribution in [0, 0.1) is 34.6 Å². The zero-order valence-corrected chi connectivity index (χ0v) is 12.5. The third-order valence-electron chi connectivity index (χ3n) is 3.28. The van der Waals surface area contributed by atoms with Gasteiger partial charge in [-0.3, -0.25) is 0 Å². The molecule has 0 atom stereocenters. The fourth-order valence-electron chi connectivity index (χ4n) is 2.52. The molecule has 0 heterocycles. The summed E-state index contributed by atoms with van der Waals surface area (Å²) >= 11 is -1.82. The fraction of sp³-hybridized carbons (Fsp3) is 0.200. The standard InChI is InChI=1S/3C5H5.Nd/c3*1-2-4-5-3-1;/h3*1-3H,4H2;. The first kappa shape index (κ1) is 10.9. The summed E-state index contributed by atoms with van der Waals surface area (Å²) in [5, 5.41) is 0. The third kappa shape index (κ3) is 2.10. The van der Waals surface area contributed by atoms with Gasteiger partial charge in [0.15, 0.2) is 0 Å². The molecule has 3 aliphatic rings. The third-order valence-corrected chi connectivity index (χ3v) is 13.0. The summed E-state index contributed by atoms with van der Waals surface area (Å²) in [5.74, 6) is 0. The Balaban J connectivity index is 1.89. The van der Waals surface area contributed by atoms with Gasteiger partial charge in [-0.1, -0.05) is 0 Å². The molecule has 0 unspecified atom stereocenters. The van der Waals surface area contributed by atoms with Crippen LogP contribution in [0.5, 0.6) is 0 Å². The van der Waals surface area contributed by atoms with Crippen molar-refractivity contribution in [1.82, 2.24) is 0 Å². The van der Waals surface area contributed by atoms with Gasteiger partial charge in [0.05, 0.1) is 0 Å². The van der Waals surface area contributed by atoms with E-state index < -0.39 is 34.6 Å². The summed E-state index contributed by atoms with van der Waals surface area (Å²) in [6, 6.07) is 0. The number of rotatable bonds is 3. The molecule has 79 valence electrons. The molecular weight excluding hydrogens is 324 g/mol. The van der Waals surface area contributed by atoms with Gasteiger partial charge in [-0.25, -0.2) is 0 Å². The molecule has 0 aromatic carbocycles. The molecular formula is C15H15Nd. The van der Waals surface area contributed by atoms with Crippen molar-refractivity contribution in [1.29, 1.82) is 0 Å². The van der Waals surface area contributed by atoms with E-state index in [1.165, 1.54) is 19.3 Å². The van der Waals surface area contributed by atoms with Crippen LogP contribution in [0.4, 0.5) is 0 Å². The van der Waals surface area contributed by atoms with E-state index in [0.29, 0.717) is 0 Å². The molecule has 0 radical (unpaired) electrons. The number of hydrogen-bond acceptors (Lipinski definition) is 0. The maximum atomic E-state index is 2.39. The van der Waals surface area contributed by atoms with Gasteiger partial charge in [-0.2, -0.15) is 0 Å². The van der Waals surface area contributed by atoms with Gasteiger partial charge in [0, 0.05) is 0 Å². The van der Waals surface area contributed by atoms with Crippen molar-refractivity contribution in [3.63, 3.8) is 0 Å². The Kier molecular flexibility index (Phi) is 3.39. The molecule has 0 spiro atoms. The van der Waals surface area contributed by atoms with E-state index in [1.54, 1.807) is 3.67 Å². The summed E-state index contributed by atoms with van der Waals surface area (Å²) < 4.78 is 5.32. The summed E-state index contributed by atoms with van der Waals surface area (Å²) in [4.78, 5) is 0. The van der Waals surface area contributed by atoms with E-state index >= 15 is 0 Å². The molecule has 0 aliphatic heterocycles. The van der Waals surface area contributed by atoms with Crippen LogP contribution in [0.15, 0.2) is 58.4 Å². The molecule has 1 heteroatoms. The van der Waals surface area contributed by atoms with E-state index in [4.69, 9.17) is 0 Å². The van der Waals surface area contributed by atoms with Gasteiger partial charge in [-0.05, 0) is 0 Å². The Morgan fingerprint density at radius 3 is 1.25 bits per heavy atom. The number of hydrogen-bond donors (Lipinski definition) is 0. The zero-order chi connectivity index (χ0) is 10.8. The van der Waals surface area contributed by atoms with Gasteiger partial charge in [0.25, 0.3) is 0 Å². The monoisotopic (exact) mass is 337 g/mol. The van der Waals surface area contributed by atoms with Gasteiger partial charge >= 0.3 is 112 Å². The van der Waals surface area contributed by atoms with Gasteiger partial charge in [-0.15, -0.1) is 0 Å². The number of allylic oxidation sites excluding steroid dienone is 12. The Morgan fingerprint density at radius 2 is 1.00 bits per heavy atom. The van der Waals surface area contributed by atoms with Crippen LogP contribution < -0.4 is 0 Å². The topological polar surface area (TPSA) is 0 Å². The Hall–Kier alpha value is -0.209. The van der Waals surface area contributed by atoms with E-state index in [2.05, 4.69) is 54.7 Å². The molecule has 0 nitrogen and oxygen atoms in total. The van der Waals surface area contributed by atoms with Crippen molar-refractivity contribution in [2.45, 2.75) is 19.3 Å². The summed E-state index contributed by atoms with van der Waals surface area (Å²) in [5.41, 5.74) is 0. The van der Waals surface area contributed by atoms with E-state index in [9.17, 15) is 0 Å². The van der Waals surface area contributed by atoms with E-state index in [-0.39, 0.29) is 0 Å². The van der Waals surface area contributed by atoms with Crippen LogP contribution in [0.3, 0.4) is 0 Å². The van der Waals surface area contributed by atoms with Gasteiger partial charge in [0.1, 0.15) is 0 Å². The molecule has 3 rings (SSSR count). The normalized spacial score (nSPS) is 21.4. The van der Waals surface area contributed by atoms with Crippen molar-refractivity contribution >= 4 is 0 Å². The minimum absolute atomic E-state index is 1.22. The Morgan fingerprint density at radius 1 is 0.625 bits per heavy atom. The van der Waals surface area contributed by atoms with E-state index in [0.717, 1.165) is 0 Å². The predicted molar refractivity (Wildman–Crippen MR) is 65.5 cm³/mol. The van der Waals surface area contributed by atoms with Crippen LogP contribution in [0.25, 0.3) is 0 Å². The molecule has 0 bridgehead atoms. The van der Waals surface area contributed by atoms with Crippen LogP contribution in [-0.4, -0.2) is 0 Å². The van der Waals surface area contributed by atoms with E-state index in [1.807, 2.05) is 0 Å². The van der Waals surface area contributed by atoms with Gasteiger partial charge < -0.3 is 0 Å². The average Bonchev–Trinajstić information content (AvgIpc) is 3.02. The Labute approximate surface area is 111 Å². The molecule has 0 fully saturated rings. The van der Waals surface area contributed by atoms with Crippen LogP contribution >= 0.6 is 0 Å². The molecule has 0 N–H and O–H groups in total. The summed E-state index contributed by atoms with van der Waals surface area (Å²) in [7, 11) is 0. The van der Waals surface area contributed by atoms with Crippen molar-refractivity contribution in [3.8, 4) is 0 Å². The first-order valence-corrected chi connectivity index (χ1v) is 10.7. The van der Waals surface area contributed by atoms with Crippen LogP contribution in [0.1, 0.15) is 19.3 Å². The molecule has 0 saturated heterocycles. The SMILES string of the molecule is C1=CC[C]([Nd]([C]2=CC=CC2)[C]2=CC=CC2)=C1. The second-order valence-corrected chi connectivity index (χ2v) is 12.9. The maximum absolute atomic E-state index is 2.39. The average molecular weight is 340 g/mol. The summed E-state index contributed by atoms with van der Waals surface area (Å²) in [6.07, 6.45) is 24.5. The first-order chi connectivity index (χ1) is 7.95. The Bertz CT molecular complexity index is 398. The van der Waals surface area contributed by atoms with Crippen LogP contribution in [-0.2, 0) is 0 Å². The molecule has 0 amide bonds. The molecule has 0 aromatic rings. The van der Waals surface area contributed by atoms with Crippen LogP contribution in [0.2, 0.25) is 0 Å². The molecule has 3 aliphatic carbocycles. The molecule has 0 aromatic heterocycles. The fourth-order valence-corrected chi connectivity index (χ4v) is 12.1. The quantitative estimate of drug-likeness (QED) is 0.725. The van der Waals surface area contributed by atoms with Gasteiger partial charge in [0.2, 0.25) is 0 Å². The van der Waals surface area contributed by atoms with Crippen molar-refractivity contribution in [2.24, 2.45) is 0 Å². The minimum atomic E-state index is -1.82.